The van der Waals surface area contributed by atoms with Gasteiger partial charge in [-0.05, 0) is 24.5 Å². The van der Waals surface area contributed by atoms with Crippen LogP contribution in [0.5, 0.6) is 0 Å². The van der Waals surface area contributed by atoms with Crippen LogP contribution in [0.2, 0.25) is 0 Å². The molecule has 1 atom stereocenters. The summed E-state index contributed by atoms with van der Waals surface area (Å²) >= 11 is 0. The second kappa shape index (κ2) is 8.15. The number of carbonyl (C=O) groups is 2. The van der Waals surface area contributed by atoms with E-state index in [1.54, 1.807) is 6.08 Å². The minimum atomic E-state index is -0.832. The number of benzene rings is 1. The summed E-state index contributed by atoms with van der Waals surface area (Å²) < 4.78 is 0. The van der Waals surface area contributed by atoms with Gasteiger partial charge in [0.15, 0.2) is 0 Å². The van der Waals surface area contributed by atoms with Crippen molar-refractivity contribution in [3.8, 4) is 0 Å². The predicted molar refractivity (Wildman–Crippen MR) is 79.3 cm³/mol. The first kappa shape index (κ1) is 16.0. The molecule has 0 radical (unpaired) electrons. The Bertz CT molecular complexity index is 494. The summed E-state index contributed by atoms with van der Waals surface area (Å²) in [5.41, 5.74) is 2.11. The van der Waals surface area contributed by atoms with E-state index in [4.69, 9.17) is 5.11 Å². The maximum atomic E-state index is 11.7. The first-order valence-corrected chi connectivity index (χ1v) is 6.75. The van der Waals surface area contributed by atoms with E-state index in [1.165, 1.54) is 6.08 Å². The topological polar surface area (TPSA) is 66.4 Å². The van der Waals surface area contributed by atoms with Crippen LogP contribution >= 0.6 is 0 Å². The van der Waals surface area contributed by atoms with Gasteiger partial charge in [-0.2, -0.15) is 0 Å². The molecule has 0 saturated heterocycles. The Kier molecular flexibility index (Phi) is 6.50. The van der Waals surface area contributed by atoms with E-state index in [-0.39, 0.29) is 18.2 Å². The number of carbonyl (C=O) groups excluding carboxylic acids is 1. The Labute approximate surface area is 119 Å². The molecule has 0 aliphatic carbocycles. The lowest BCUT2D eigenvalue weighted by Gasteiger charge is -2.12. The Balaban J connectivity index is 2.45. The number of hydrogen-bond acceptors (Lipinski definition) is 2. The van der Waals surface area contributed by atoms with Crippen LogP contribution in [0.15, 0.2) is 30.3 Å². The standard InChI is InChI=1S/C16H21NO3/c1-3-13(10-16(19)20)11-17-15(18)8-7-14-6-4-5-12(2)9-14/h4-9,13H,3,10-11H2,1-2H3,(H,17,18)(H,19,20)/b8-7+. The number of rotatable bonds is 7. The van der Waals surface area contributed by atoms with Crippen molar-refractivity contribution in [3.63, 3.8) is 0 Å². The Morgan fingerprint density at radius 2 is 2.15 bits per heavy atom. The smallest absolute Gasteiger partial charge is 0.303 e. The third-order valence-electron chi connectivity index (χ3n) is 3.07. The van der Waals surface area contributed by atoms with Crippen LogP contribution in [-0.2, 0) is 9.59 Å². The van der Waals surface area contributed by atoms with Gasteiger partial charge in [0.1, 0.15) is 0 Å². The molecule has 0 aromatic heterocycles. The van der Waals surface area contributed by atoms with Gasteiger partial charge in [-0.1, -0.05) is 43.2 Å². The average molecular weight is 275 g/mol. The van der Waals surface area contributed by atoms with Gasteiger partial charge in [0, 0.05) is 19.0 Å². The maximum absolute atomic E-state index is 11.7. The molecule has 0 saturated carbocycles. The Morgan fingerprint density at radius 1 is 1.40 bits per heavy atom. The molecule has 2 N–H and O–H groups in total. The van der Waals surface area contributed by atoms with E-state index >= 15 is 0 Å². The monoisotopic (exact) mass is 275 g/mol. The van der Waals surface area contributed by atoms with Crippen molar-refractivity contribution >= 4 is 18.0 Å². The molecular weight excluding hydrogens is 254 g/mol. The highest BCUT2D eigenvalue weighted by molar-refractivity contribution is 5.91. The average Bonchev–Trinajstić information content (AvgIpc) is 2.40. The fourth-order valence-corrected chi connectivity index (χ4v) is 1.86. The maximum Gasteiger partial charge on any atom is 0.303 e. The largest absolute Gasteiger partial charge is 0.481 e. The zero-order valence-electron chi connectivity index (χ0n) is 11.9. The molecule has 20 heavy (non-hydrogen) atoms. The van der Waals surface area contributed by atoms with Crippen molar-refractivity contribution in [3.05, 3.63) is 41.5 Å². The van der Waals surface area contributed by atoms with Crippen molar-refractivity contribution in [2.45, 2.75) is 26.7 Å². The molecular formula is C16H21NO3. The summed E-state index contributed by atoms with van der Waals surface area (Å²) in [6, 6.07) is 7.85. The summed E-state index contributed by atoms with van der Waals surface area (Å²) in [5.74, 6) is -1.06. The van der Waals surface area contributed by atoms with Gasteiger partial charge in [0.2, 0.25) is 5.91 Å². The Morgan fingerprint density at radius 3 is 2.75 bits per heavy atom. The lowest BCUT2D eigenvalue weighted by molar-refractivity contribution is -0.138. The van der Waals surface area contributed by atoms with Gasteiger partial charge in [-0.15, -0.1) is 0 Å². The zero-order valence-corrected chi connectivity index (χ0v) is 11.9. The number of nitrogens with one attached hydrogen (secondary N) is 1. The van der Waals surface area contributed by atoms with Crippen LogP contribution in [-0.4, -0.2) is 23.5 Å². The second-order valence-corrected chi connectivity index (χ2v) is 4.86. The summed E-state index contributed by atoms with van der Waals surface area (Å²) in [4.78, 5) is 22.3. The highest BCUT2D eigenvalue weighted by Gasteiger charge is 2.11. The molecule has 0 aliphatic heterocycles. The first-order valence-electron chi connectivity index (χ1n) is 6.75. The molecule has 1 rings (SSSR count). The molecule has 0 bridgehead atoms. The fourth-order valence-electron chi connectivity index (χ4n) is 1.86. The van der Waals surface area contributed by atoms with Crippen LogP contribution in [0.4, 0.5) is 0 Å². The predicted octanol–water partition coefficient (Wildman–Crippen LogP) is 2.63. The second-order valence-electron chi connectivity index (χ2n) is 4.86. The van der Waals surface area contributed by atoms with Crippen LogP contribution in [0, 0.1) is 12.8 Å². The number of hydrogen-bond donors (Lipinski definition) is 2. The number of aliphatic carboxylic acids is 1. The quantitative estimate of drug-likeness (QED) is 0.752. The lowest BCUT2D eigenvalue weighted by Crippen LogP contribution is -2.28. The molecule has 0 heterocycles. The van der Waals surface area contributed by atoms with Crippen LogP contribution in [0.3, 0.4) is 0 Å². The number of carboxylic acids is 1. The van der Waals surface area contributed by atoms with Crippen molar-refractivity contribution < 1.29 is 14.7 Å². The molecule has 1 aromatic rings. The van der Waals surface area contributed by atoms with E-state index in [9.17, 15) is 9.59 Å². The van der Waals surface area contributed by atoms with E-state index in [1.807, 2.05) is 38.1 Å². The molecule has 0 spiro atoms. The van der Waals surface area contributed by atoms with E-state index in [0.29, 0.717) is 6.54 Å². The van der Waals surface area contributed by atoms with Crippen molar-refractivity contribution in [2.24, 2.45) is 5.92 Å². The number of amides is 1. The summed E-state index contributed by atoms with van der Waals surface area (Å²) in [7, 11) is 0. The van der Waals surface area contributed by atoms with Gasteiger partial charge in [-0.3, -0.25) is 9.59 Å². The minimum Gasteiger partial charge on any atom is -0.481 e. The van der Waals surface area contributed by atoms with Crippen molar-refractivity contribution in [1.29, 1.82) is 0 Å². The molecule has 1 aromatic carbocycles. The Hall–Kier alpha value is -2.10. The molecule has 4 nitrogen and oxygen atoms in total. The van der Waals surface area contributed by atoms with E-state index < -0.39 is 5.97 Å². The third kappa shape index (κ3) is 6.18. The SMILES string of the molecule is CCC(CNC(=O)/C=C/c1cccc(C)c1)CC(=O)O. The minimum absolute atomic E-state index is 0.0242. The molecule has 4 heteroatoms. The summed E-state index contributed by atoms with van der Waals surface area (Å²) in [5, 5.41) is 11.5. The summed E-state index contributed by atoms with van der Waals surface area (Å²) in [6.07, 6.45) is 4.04. The molecule has 0 aliphatic rings. The van der Waals surface area contributed by atoms with Crippen molar-refractivity contribution in [2.75, 3.05) is 6.54 Å². The van der Waals surface area contributed by atoms with E-state index in [2.05, 4.69) is 5.32 Å². The summed E-state index contributed by atoms with van der Waals surface area (Å²) in [6.45, 7) is 4.30. The molecule has 108 valence electrons. The fraction of sp³-hybridized carbons (Fsp3) is 0.375. The molecule has 1 unspecified atom stereocenters. The first-order chi connectivity index (χ1) is 9.51. The van der Waals surface area contributed by atoms with Crippen LogP contribution in [0.25, 0.3) is 6.08 Å². The molecule has 0 fully saturated rings. The van der Waals surface area contributed by atoms with Crippen LogP contribution < -0.4 is 5.32 Å². The number of aryl methyl sites for hydroxylation is 1. The van der Waals surface area contributed by atoms with Gasteiger partial charge in [0.25, 0.3) is 0 Å². The van der Waals surface area contributed by atoms with Gasteiger partial charge in [0.05, 0.1) is 0 Å². The van der Waals surface area contributed by atoms with E-state index in [0.717, 1.165) is 17.5 Å². The number of carboxylic acid groups (broad SMARTS) is 1. The van der Waals surface area contributed by atoms with Gasteiger partial charge in [-0.25, -0.2) is 0 Å². The molecule has 1 amide bonds. The third-order valence-corrected chi connectivity index (χ3v) is 3.07. The van der Waals surface area contributed by atoms with Crippen molar-refractivity contribution in [1.82, 2.24) is 5.32 Å². The lowest BCUT2D eigenvalue weighted by atomic mass is 10.0. The normalized spacial score (nSPS) is 12.3. The highest BCUT2D eigenvalue weighted by atomic mass is 16.4. The highest BCUT2D eigenvalue weighted by Crippen LogP contribution is 2.07. The van der Waals surface area contributed by atoms with Gasteiger partial charge >= 0.3 is 5.97 Å². The van der Waals surface area contributed by atoms with Crippen LogP contribution in [0.1, 0.15) is 30.9 Å². The van der Waals surface area contributed by atoms with Gasteiger partial charge < -0.3 is 10.4 Å². The zero-order chi connectivity index (χ0) is 15.0.